The Bertz CT molecular complexity index is 1300. The van der Waals surface area contributed by atoms with Crippen LogP contribution in [0.15, 0.2) is 97.6 Å². The molecular weight excluding hydrogens is 510 g/mol. The van der Waals surface area contributed by atoms with Gasteiger partial charge in [0.2, 0.25) is 21.8 Å². The number of hydrogen-bond donors (Lipinski definition) is 1. The Balaban J connectivity index is 2.01. The fourth-order valence-electron chi connectivity index (χ4n) is 3.81. The Hall–Kier alpha value is -3.46. The first kappa shape index (κ1) is 28.1. The van der Waals surface area contributed by atoms with E-state index in [1.807, 2.05) is 12.1 Å². The van der Waals surface area contributed by atoms with E-state index in [1.54, 1.807) is 78.9 Å². The SMILES string of the molecule is C=CCNC(=O)[C@H](c1ccccc1)N(Cc1ccc(Cl)cc1)C(=O)CN(Cc1ccccc1)S(C)(=O)=O. The van der Waals surface area contributed by atoms with E-state index in [2.05, 4.69) is 11.9 Å². The van der Waals surface area contributed by atoms with Gasteiger partial charge in [0.1, 0.15) is 6.04 Å². The van der Waals surface area contributed by atoms with Gasteiger partial charge in [0, 0.05) is 24.7 Å². The maximum atomic E-state index is 13.8. The summed E-state index contributed by atoms with van der Waals surface area (Å²) in [6, 6.07) is 23.9. The predicted octanol–water partition coefficient (Wildman–Crippen LogP) is 4.17. The highest BCUT2D eigenvalue weighted by Gasteiger charge is 2.33. The highest BCUT2D eigenvalue weighted by atomic mass is 35.5. The largest absolute Gasteiger partial charge is 0.351 e. The first-order valence-electron chi connectivity index (χ1n) is 11.7. The van der Waals surface area contributed by atoms with Crippen LogP contribution in [0.25, 0.3) is 0 Å². The number of halogens is 1. The Morgan fingerprint density at radius 3 is 2.05 bits per heavy atom. The summed E-state index contributed by atoms with van der Waals surface area (Å²) in [5.41, 5.74) is 2.08. The fourth-order valence-corrected chi connectivity index (χ4v) is 4.66. The van der Waals surface area contributed by atoms with Crippen LogP contribution in [0.5, 0.6) is 0 Å². The van der Waals surface area contributed by atoms with E-state index in [1.165, 1.54) is 4.90 Å². The van der Waals surface area contributed by atoms with E-state index in [9.17, 15) is 18.0 Å². The number of rotatable bonds is 12. The second kappa shape index (κ2) is 13.2. The molecule has 194 valence electrons. The predicted molar refractivity (Wildman–Crippen MR) is 146 cm³/mol. The molecule has 0 aliphatic rings. The fraction of sp³-hybridized carbons (Fsp3) is 0.214. The van der Waals surface area contributed by atoms with Crippen LogP contribution in [0.2, 0.25) is 5.02 Å². The van der Waals surface area contributed by atoms with Crippen molar-refractivity contribution in [1.82, 2.24) is 14.5 Å². The topological polar surface area (TPSA) is 86.8 Å². The monoisotopic (exact) mass is 539 g/mol. The molecule has 9 heteroatoms. The van der Waals surface area contributed by atoms with Gasteiger partial charge >= 0.3 is 0 Å². The molecule has 37 heavy (non-hydrogen) atoms. The highest BCUT2D eigenvalue weighted by molar-refractivity contribution is 7.88. The molecule has 0 radical (unpaired) electrons. The smallest absolute Gasteiger partial charge is 0.247 e. The zero-order chi connectivity index (χ0) is 26.8. The molecule has 0 spiro atoms. The number of amides is 2. The molecule has 0 heterocycles. The maximum Gasteiger partial charge on any atom is 0.247 e. The highest BCUT2D eigenvalue weighted by Crippen LogP contribution is 2.25. The minimum Gasteiger partial charge on any atom is -0.351 e. The molecule has 0 saturated carbocycles. The van der Waals surface area contributed by atoms with E-state index >= 15 is 0 Å². The molecule has 3 aromatic rings. The maximum absolute atomic E-state index is 13.8. The van der Waals surface area contributed by atoms with Crippen LogP contribution in [0.4, 0.5) is 0 Å². The second-order valence-corrected chi connectivity index (χ2v) is 10.9. The third-order valence-corrected chi connectivity index (χ3v) is 7.11. The third-order valence-electron chi connectivity index (χ3n) is 5.66. The zero-order valence-corrected chi connectivity index (χ0v) is 22.2. The van der Waals surface area contributed by atoms with E-state index in [4.69, 9.17) is 11.6 Å². The van der Waals surface area contributed by atoms with Crippen LogP contribution >= 0.6 is 11.6 Å². The van der Waals surface area contributed by atoms with E-state index in [0.717, 1.165) is 21.7 Å². The van der Waals surface area contributed by atoms with Crippen molar-refractivity contribution in [1.29, 1.82) is 0 Å². The molecule has 0 saturated heterocycles. The number of nitrogens with zero attached hydrogens (tertiary/aromatic N) is 2. The molecular formula is C28H30ClN3O4S. The summed E-state index contributed by atoms with van der Waals surface area (Å²) < 4.78 is 26.4. The van der Waals surface area contributed by atoms with Crippen LogP contribution in [0.3, 0.4) is 0 Å². The Morgan fingerprint density at radius 2 is 1.49 bits per heavy atom. The number of hydrogen-bond acceptors (Lipinski definition) is 4. The summed E-state index contributed by atoms with van der Waals surface area (Å²) in [4.78, 5) is 28.6. The lowest BCUT2D eigenvalue weighted by Gasteiger charge is -2.33. The standard InChI is InChI=1S/C28H30ClN3O4S/c1-3-18-30-28(34)27(24-12-8-5-9-13-24)32(20-23-14-16-25(29)17-15-23)26(33)21-31(37(2,35)36)19-22-10-6-4-7-11-22/h3-17,27H,1,18-21H2,2H3,(H,30,34)/t27-/m0/s1. The Labute approximate surface area is 223 Å². The van der Waals surface area contributed by atoms with Gasteiger partial charge in [-0.05, 0) is 28.8 Å². The summed E-state index contributed by atoms with van der Waals surface area (Å²) >= 11 is 6.05. The van der Waals surface area contributed by atoms with E-state index in [0.29, 0.717) is 10.6 Å². The zero-order valence-electron chi connectivity index (χ0n) is 20.6. The van der Waals surface area contributed by atoms with E-state index in [-0.39, 0.29) is 19.6 Å². The quantitative estimate of drug-likeness (QED) is 0.350. The van der Waals surface area contributed by atoms with Crippen molar-refractivity contribution in [3.63, 3.8) is 0 Å². The Kier molecular flexibility index (Phi) is 10.0. The first-order valence-corrected chi connectivity index (χ1v) is 13.9. The molecule has 0 unspecified atom stereocenters. The minimum atomic E-state index is -3.74. The Morgan fingerprint density at radius 1 is 0.919 bits per heavy atom. The lowest BCUT2D eigenvalue weighted by atomic mass is 10.0. The molecule has 3 aromatic carbocycles. The molecule has 0 aliphatic carbocycles. The van der Waals surface area contributed by atoms with Crippen molar-refractivity contribution in [3.8, 4) is 0 Å². The lowest BCUT2D eigenvalue weighted by molar-refractivity contribution is -0.141. The van der Waals surface area contributed by atoms with Gasteiger partial charge in [-0.25, -0.2) is 8.42 Å². The number of carbonyl (C=O) groups excluding carboxylic acids is 2. The van der Waals surface area contributed by atoms with Gasteiger partial charge in [-0.1, -0.05) is 90.5 Å². The first-order chi connectivity index (χ1) is 17.7. The molecule has 0 aromatic heterocycles. The van der Waals surface area contributed by atoms with Crippen molar-refractivity contribution in [2.45, 2.75) is 19.1 Å². The number of nitrogens with one attached hydrogen (secondary N) is 1. The number of sulfonamides is 1. The minimum absolute atomic E-state index is 0.0266. The summed E-state index contributed by atoms with van der Waals surface area (Å²) in [7, 11) is -3.74. The number of benzene rings is 3. The van der Waals surface area contributed by atoms with Crippen molar-refractivity contribution in [2.24, 2.45) is 0 Å². The molecule has 3 rings (SSSR count). The average Bonchev–Trinajstić information content (AvgIpc) is 2.88. The van der Waals surface area contributed by atoms with Crippen LogP contribution in [-0.2, 0) is 32.7 Å². The molecule has 0 fully saturated rings. The number of carbonyl (C=O) groups is 2. The summed E-state index contributed by atoms with van der Waals surface area (Å²) in [6.07, 6.45) is 2.62. The van der Waals surface area contributed by atoms with Crippen LogP contribution in [-0.4, -0.2) is 48.8 Å². The van der Waals surface area contributed by atoms with Crippen LogP contribution in [0.1, 0.15) is 22.7 Å². The summed E-state index contributed by atoms with van der Waals surface area (Å²) in [5.74, 6) is -0.915. The van der Waals surface area contributed by atoms with Gasteiger partial charge in [0.15, 0.2) is 0 Å². The van der Waals surface area contributed by atoms with Gasteiger partial charge in [0.05, 0.1) is 12.8 Å². The van der Waals surface area contributed by atoms with Crippen molar-refractivity contribution >= 4 is 33.4 Å². The molecule has 1 N–H and O–H groups in total. The van der Waals surface area contributed by atoms with Gasteiger partial charge in [-0.2, -0.15) is 4.31 Å². The summed E-state index contributed by atoms with van der Waals surface area (Å²) in [6.45, 7) is 3.53. The van der Waals surface area contributed by atoms with Gasteiger partial charge < -0.3 is 10.2 Å². The summed E-state index contributed by atoms with van der Waals surface area (Å²) in [5, 5.41) is 3.32. The van der Waals surface area contributed by atoms with Crippen molar-refractivity contribution in [2.75, 3.05) is 19.3 Å². The molecule has 2 amide bonds. The molecule has 0 aliphatic heterocycles. The van der Waals surface area contributed by atoms with Gasteiger partial charge in [-0.15, -0.1) is 6.58 Å². The van der Waals surface area contributed by atoms with Gasteiger partial charge in [0.25, 0.3) is 0 Å². The molecule has 1 atom stereocenters. The van der Waals surface area contributed by atoms with Crippen LogP contribution < -0.4 is 5.32 Å². The van der Waals surface area contributed by atoms with E-state index < -0.39 is 34.4 Å². The molecule has 0 bridgehead atoms. The second-order valence-electron chi connectivity index (χ2n) is 8.51. The molecule has 7 nitrogen and oxygen atoms in total. The normalized spacial score (nSPS) is 12.1. The average molecular weight is 540 g/mol. The lowest BCUT2D eigenvalue weighted by Crippen LogP contribution is -2.47. The third kappa shape index (κ3) is 8.28. The van der Waals surface area contributed by atoms with Gasteiger partial charge in [-0.3, -0.25) is 9.59 Å². The van der Waals surface area contributed by atoms with Crippen molar-refractivity contribution in [3.05, 3.63) is 119 Å². The van der Waals surface area contributed by atoms with Crippen LogP contribution in [0, 0.1) is 0 Å². The van der Waals surface area contributed by atoms with Crippen molar-refractivity contribution < 1.29 is 18.0 Å².